The maximum Gasteiger partial charge on any atom is 0.328 e. The molecule has 1 heterocycles. The van der Waals surface area contributed by atoms with Crippen LogP contribution in [0, 0.1) is 0 Å². The molecule has 1 aliphatic rings. The van der Waals surface area contributed by atoms with Crippen molar-refractivity contribution in [2.24, 2.45) is 0 Å². The lowest BCUT2D eigenvalue weighted by molar-refractivity contribution is -0.155. The first-order chi connectivity index (χ1) is 9.15. The molecule has 0 aromatic heterocycles. The van der Waals surface area contributed by atoms with Gasteiger partial charge in [0, 0.05) is 6.42 Å². The summed E-state index contributed by atoms with van der Waals surface area (Å²) in [6.07, 6.45) is 5.08. The van der Waals surface area contributed by atoms with E-state index in [1.165, 1.54) is 4.90 Å². The number of amides is 1. The summed E-state index contributed by atoms with van der Waals surface area (Å²) in [5.41, 5.74) is 0. The molecule has 1 saturated heterocycles. The number of hydrogen-bond acceptors (Lipinski definition) is 4. The van der Waals surface area contributed by atoms with E-state index < -0.39 is 12.1 Å². The van der Waals surface area contributed by atoms with Crippen molar-refractivity contribution >= 4 is 18.2 Å². The molecule has 0 radical (unpaired) electrons. The number of ether oxygens (including phenoxy) is 1. The Bertz CT molecular complexity index is 329. The summed E-state index contributed by atoms with van der Waals surface area (Å²) in [6.45, 7) is 4.11. The Morgan fingerprint density at radius 1 is 1.47 bits per heavy atom. The van der Waals surface area contributed by atoms with E-state index in [1.807, 2.05) is 0 Å². The van der Waals surface area contributed by atoms with Crippen molar-refractivity contribution in [1.29, 1.82) is 0 Å². The van der Waals surface area contributed by atoms with Crippen LogP contribution in [0.25, 0.3) is 0 Å². The molecule has 0 aromatic rings. The molecule has 2 atom stereocenters. The zero-order valence-corrected chi connectivity index (χ0v) is 11.8. The Hall–Kier alpha value is -1.39. The van der Waals surface area contributed by atoms with E-state index in [2.05, 4.69) is 6.92 Å². The van der Waals surface area contributed by atoms with Crippen LogP contribution in [0.1, 0.15) is 52.4 Å². The molecule has 0 aliphatic carbocycles. The van der Waals surface area contributed by atoms with Crippen molar-refractivity contribution in [3.8, 4) is 0 Å². The van der Waals surface area contributed by atoms with Crippen LogP contribution in [-0.4, -0.2) is 41.8 Å². The van der Waals surface area contributed by atoms with Gasteiger partial charge in [-0.05, 0) is 19.8 Å². The zero-order chi connectivity index (χ0) is 14.3. The van der Waals surface area contributed by atoms with Gasteiger partial charge in [0.1, 0.15) is 12.3 Å². The Morgan fingerprint density at radius 3 is 2.79 bits per heavy atom. The van der Waals surface area contributed by atoms with E-state index in [1.54, 1.807) is 6.92 Å². The molecular formula is C14H23NO4. The molecule has 1 amide bonds. The topological polar surface area (TPSA) is 63.7 Å². The quantitative estimate of drug-likeness (QED) is 0.382. The number of unbranched alkanes of at least 4 members (excludes halogenated alkanes) is 2. The van der Waals surface area contributed by atoms with Gasteiger partial charge in [-0.3, -0.25) is 4.79 Å². The number of carbonyl (C=O) groups excluding carboxylic acids is 3. The minimum absolute atomic E-state index is 0.119. The molecule has 5 nitrogen and oxygen atoms in total. The summed E-state index contributed by atoms with van der Waals surface area (Å²) < 4.78 is 5.04. The third-order valence-electron chi connectivity index (χ3n) is 3.43. The van der Waals surface area contributed by atoms with Crippen LogP contribution in [-0.2, 0) is 19.1 Å². The molecule has 0 spiro atoms. The maximum absolute atomic E-state index is 12.0. The Morgan fingerprint density at radius 2 is 2.21 bits per heavy atom. The lowest BCUT2D eigenvalue weighted by atomic mass is 10.1. The Labute approximate surface area is 114 Å². The predicted octanol–water partition coefficient (Wildman–Crippen LogP) is 1.69. The van der Waals surface area contributed by atoms with E-state index in [0.29, 0.717) is 19.3 Å². The molecule has 1 unspecified atom stereocenters. The molecule has 0 aromatic carbocycles. The van der Waals surface area contributed by atoms with Crippen molar-refractivity contribution < 1.29 is 19.1 Å². The molecule has 0 N–H and O–H groups in total. The van der Waals surface area contributed by atoms with E-state index in [4.69, 9.17) is 4.74 Å². The fraction of sp³-hybridized carbons (Fsp3) is 0.786. The van der Waals surface area contributed by atoms with E-state index in [0.717, 1.165) is 25.5 Å². The number of hydrogen-bond donors (Lipinski definition) is 0. The lowest BCUT2D eigenvalue weighted by Crippen LogP contribution is -2.47. The second kappa shape index (κ2) is 7.92. The molecular weight excluding hydrogens is 246 g/mol. The molecule has 19 heavy (non-hydrogen) atoms. The average molecular weight is 269 g/mol. The van der Waals surface area contributed by atoms with Gasteiger partial charge in [-0.1, -0.05) is 26.2 Å². The second-order valence-electron chi connectivity index (χ2n) is 4.81. The monoisotopic (exact) mass is 269 g/mol. The van der Waals surface area contributed by atoms with Gasteiger partial charge in [0.25, 0.3) is 0 Å². The van der Waals surface area contributed by atoms with Gasteiger partial charge < -0.3 is 14.4 Å². The number of carbonyl (C=O) groups is 3. The van der Waals surface area contributed by atoms with Gasteiger partial charge in [0.15, 0.2) is 0 Å². The van der Waals surface area contributed by atoms with E-state index in [-0.39, 0.29) is 18.5 Å². The maximum atomic E-state index is 12.0. The van der Waals surface area contributed by atoms with Crippen LogP contribution in [0.3, 0.4) is 0 Å². The van der Waals surface area contributed by atoms with Crippen LogP contribution >= 0.6 is 0 Å². The highest BCUT2D eigenvalue weighted by atomic mass is 16.5. The molecule has 108 valence electrons. The van der Waals surface area contributed by atoms with Gasteiger partial charge in [0.2, 0.25) is 5.91 Å². The van der Waals surface area contributed by atoms with Crippen molar-refractivity contribution in [3.05, 3.63) is 0 Å². The number of rotatable bonds is 8. The molecule has 0 bridgehead atoms. The summed E-state index contributed by atoms with van der Waals surface area (Å²) in [7, 11) is 0. The van der Waals surface area contributed by atoms with E-state index in [9.17, 15) is 14.4 Å². The molecule has 1 rings (SSSR count). The molecule has 0 saturated carbocycles. The van der Waals surface area contributed by atoms with Crippen LogP contribution < -0.4 is 0 Å². The van der Waals surface area contributed by atoms with Crippen LogP contribution in [0.2, 0.25) is 0 Å². The molecule has 1 aliphatic heterocycles. The highest BCUT2D eigenvalue weighted by Crippen LogP contribution is 2.24. The minimum Gasteiger partial charge on any atom is -0.464 e. The van der Waals surface area contributed by atoms with E-state index >= 15 is 0 Å². The second-order valence-corrected chi connectivity index (χ2v) is 4.81. The van der Waals surface area contributed by atoms with Gasteiger partial charge in [-0.2, -0.15) is 0 Å². The number of esters is 1. The Balaban J connectivity index is 2.78. The third-order valence-corrected chi connectivity index (χ3v) is 3.43. The van der Waals surface area contributed by atoms with Crippen molar-refractivity contribution in [2.75, 3.05) is 6.61 Å². The predicted molar refractivity (Wildman–Crippen MR) is 70.5 cm³/mol. The fourth-order valence-electron chi connectivity index (χ4n) is 2.46. The molecule has 5 heteroatoms. The first-order valence-electron chi connectivity index (χ1n) is 7.08. The highest BCUT2D eigenvalue weighted by Gasteiger charge is 2.39. The largest absolute Gasteiger partial charge is 0.464 e. The van der Waals surface area contributed by atoms with Gasteiger partial charge in [-0.15, -0.1) is 0 Å². The van der Waals surface area contributed by atoms with Gasteiger partial charge in [0.05, 0.1) is 12.6 Å². The SMILES string of the molecule is CCCCC[C@H](C(=O)OCC)N1C(=O)CCC1C=O. The number of nitrogens with zero attached hydrogens (tertiary/aromatic N) is 1. The van der Waals surface area contributed by atoms with Crippen molar-refractivity contribution in [3.63, 3.8) is 0 Å². The van der Waals surface area contributed by atoms with Crippen LogP contribution in [0.15, 0.2) is 0 Å². The summed E-state index contributed by atoms with van der Waals surface area (Å²) in [6, 6.07) is -1.07. The minimum atomic E-state index is -0.600. The summed E-state index contributed by atoms with van der Waals surface area (Å²) in [4.78, 5) is 36.3. The molecule has 1 fully saturated rings. The first kappa shape index (κ1) is 15.7. The average Bonchev–Trinajstić information content (AvgIpc) is 2.76. The number of aldehydes is 1. The first-order valence-corrected chi connectivity index (χ1v) is 7.08. The summed E-state index contributed by atoms with van der Waals surface area (Å²) in [5, 5.41) is 0. The third kappa shape index (κ3) is 4.04. The zero-order valence-electron chi connectivity index (χ0n) is 11.8. The summed E-state index contributed by atoms with van der Waals surface area (Å²) in [5.74, 6) is -0.507. The van der Waals surface area contributed by atoms with Crippen molar-refractivity contribution in [2.45, 2.75) is 64.5 Å². The standard InChI is InChI=1S/C14H23NO4/c1-3-5-6-7-12(14(18)19-4-2)15-11(10-16)8-9-13(15)17/h10-12H,3-9H2,1-2H3/t11?,12-/m1/s1. The van der Waals surface area contributed by atoms with Crippen molar-refractivity contribution in [1.82, 2.24) is 4.90 Å². The normalized spacial score (nSPS) is 20.4. The highest BCUT2D eigenvalue weighted by molar-refractivity contribution is 5.89. The Kier molecular flexibility index (Phi) is 6.53. The number of likely N-dealkylation sites (tertiary alicyclic amines) is 1. The fourth-order valence-corrected chi connectivity index (χ4v) is 2.46. The smallest absolute Gasteiger partial charge is 0.328 e. The summed E-state index contributed by atoms with van der Waals surface area (Å²) >= 11 is 0. The lowest BCUT2D eigenvalue weighted by Gasteiger charge is -2.29. The van der Waals surface area contributed by atoms with Gasteiger partial charge >= 0.3 is 5.97 Å². The van der Waals surface area contributed by atoms with Crippen LogP contribution in [0.4, 0.5) is 0 Å². The van der Waals surface area contributed by atoms with Crippen LogP contribution in [0.5, 0.6) is 0 Å². The van der Waals surface area contributed by atoms with Gasteiger partial charge in [-0.25, -0.2) is 4.79 Å².